The largest absolute Gasteiger partial charge is 0.373 e. The number of hydrogen-bond donors (Lipinski definition) is 1. The topological polar surface area (TPSA) is 21.3 Å². The van der Waals surface area contributed by atoms with Gasteiger partial charge in [0.1, 0.15) is 0 Å². The molecular weight excluding hydrogens is 222 g/mol. The Morgan fingerprint density at radius 1 is 1.22 bits per heavy atom. The normalized spacial score (nSPS) is 28.0. The molecule has 1 aliphatic carbocycles. The van der Waals surface area contributed by atoms with Gasteiger partial charge in [0.05, 0.1) is 12.2 Å². The Balaban J connectivity index is 2.47. The van der Waals surface area contributed by atoms with Crippen LogP contribution in [0.15, 0.2) is 0 Å². The van der Waals surface area contributed by atoms with Crippen LogP contribution < -0.4 is 5.32 Å². The summed E-state index contributed by atoms with van der Waals surface area (Å²) in [5, 5.41) is 3.61. The minimum Gasteiger partial charge on any atom is -0.373 e. The van der Waals surface area contributed by atoms with Crippen LogP contribution in [0.25, 0.3) is 0 Å². The van der Waals surface area contributed by atoms with Gasteiger partial charge in [-0.3, -0.25) is 0 Å². The van der Waals surface area contributed by atoms with Gasteiger partial charge in [-0.05, 0) is 38.1 Å². The Labute approximate surface area is 114 Å². The van der Waals surface area contributed by atoms with E-state index in [9.17, 15) is 0 Å². The Morgan fingerprint density at radius 3 is 2.56 bits per heavy atom. The first-order chi connectivity index (χ1) is 8.71. The fourth-order valence-electron chi connectivity index (χ4n) is 3.22. The average Bonchev–Trinajstić information content (AvgIpc) is 2.36. The summed E-state index contributed by atoms with van der Waals surface area (Å²) in [6.45, 7) is 10.1. The van der Waals surface area contributed by atoms with Gasteiger partial charge in [-0.1, -0.05) is 47.0 Å². The van der Waals surface area contributed by atoms with Crippen molar-refractivity contribution in [3.63, 3.8) is 0 Å². The summed E-state index contributed by atoms with van der Waals surface area (Å²) in [4.78, 5) is 0. The van der Waals surface area contributed by atoms with Crippen molar-refractivity contribution in [2.75, 3.05) is 6.54 Å². The number of likely N-dealkylation sites (N-methyl/N-ethyl adjacent to an activating group) is 1. The smallest absolute Gasteiger partial charge is 0.0729 e. The van der Waals surface area contributed by atoms with Crippen molar-refractivity contribution in [2.24, 2.45) is 5.92 Å². The van der Waals surface area contributed by atoms with Crippen molar-refractivity contribution < 1.29 is 4.74 Å². The lowest BCUT2D eigenvalue weighted by Gasteiger charge is -2.34. The quantitative estimate of drug-likeness (QED) is 0.704. The highest BCUT2D eigenvalue weighted by molar-refractivity contribution is 4.79. The maximum atomic E-state index is 6.42. The molecule has 0 aliphatic heterocycles. The number of ether oxygens (including phenoxy) is 1. The van der Waals surface area contributed by atoms with E-state index in [0.29, 0.717) is 18.2 Å². The zero-order valence-electron chi connectivity index (χ0n) is 12.9. The molecule has 0 aromatic carbocycles. The predicted octanol–water partition coefficient (Wildman–Crippen LogP) is 4.14. The summed E-state index contributed by atoms with van der Waals surface area (Å²) >= 11 is 0. The second-order valence-electron chi connectivity index (χ2n) is 5.93. The monoisotopic (exact) mass is 255 g/mol. The molecule has 0 radical (unpaired) electrons. The minimum absolute atomic E-state index is 0.403. The lowest BCUT2D eigenvalue weighted by atomic mass is 9.88. The average molecular weight is 255 g/mol. The van der Waals surface area contributed by atoms with E-state index in [2.05, 4.69) is 33.0 Å². The molecule has 108 valence electrons. The van der Waals surface area contributed by atoms with Gasteiger partial charge in [-0.15, -0.1) is 0 Å². The molecule has 0 saturated heterocycles. The molecule has 1 rings (SSSR count). The molecule has 1 aliphatic rings. The molecular formula is C16H33NO. The third kappa shape index (κ3) is 5.27. The fraction of sp³-hybridized carbons (Fsp3) is 1.00. The van der Waals surface area contributed by atoms with Crippen LogP contribution >= 0.6 is 0 Å². The molecule has 1 saturated carbocycles. The van der Waals surface area contributed by atoms with Gasteiger partial charge in [-0.25, -0.2) is 0 Å². The van der Waals surface area contributed by atoms with Crippen LogP contribution in [0, 0.1) is 5.92 Å². The second kappa shape index (κ2) is 8.92. The zero-order valence-corrected chi connectivity index (χ0v) is 12.9. The lowest BCUT2D eigenvalue weighted by molar-refractivity contribution is -0.0569. The lowest BCUT2D eigenvalue weighted by Crippen LogP contribution is -2.43. The molecule has 0 aromatic heterocycles. The molecule has 4 unspecified atom stereocenters. The summed E-state index contributed by atoms with van der Waals surface area (Å²) in [7, 11) is 0. The Morgan fingerprint density at radius 2 is 2.00 bits per heavy atom. The molecule has 18 heavy (non-hydrogen) atoms. The predicted molar refractivity (Wildman–Crippen MR) is 79.0 cm³/mol. The van der Waals surface area contributed by atoms with Crippen LogP contribution in [0.2, 0.25) is 0 Å². The van der Waals surface area contributed by atoms with E-state index in [4.69, 9.17) is 4.74 Å². The molecule has 0 aromatic rings. The van der Waals surface area contributed by atoms with Crippen LogP contribution in [-0.2, 0) is 4.74 Å². The highest BCUT2D eigenvalue weighted by Gasteiger charge is 2.26. The first kappa shape index (κ1) is 16.0. The third-order valence-electron chi connectivity index (χ3n) is 4.17. The van der Waals surface area contributed by atoms with Crippen LogP contribution in [0.3, 0.4) is 0 Å². The van der Waals surface area contributed by atoms with Crippen molar-refractivity contribution in [3.8, 4) is 0 Å². The first-order valence-electron chi connectivity index (χ1n) is 8.10. The Bertz CT molecular complexity index is 201. The molecule has 0 bridgehead atoms. The van der Waals surface area contributed by atoms with Crippen molar-refractivity contribution in [3.05, 3.63) is 0 Å². The highest BCUT2D eigenvalue weighted by Crippen LogP contribution is 2.27. The van der Waals surface area contributed by atoms with E-state index in [0.717, 1.165) is 18.9 Å². The van der Waals surface area contributed by atoms with Crippen molar-refractivity contribution in [1.82, 2.24) is 5.32 Å². The Hall–Kier alpha value is -0.0800. The van der Waals surface area contributed by atoms with Crippen LogP contribution in [0.5, 0.6) is 0 Å². The van der Waals surface area contributed by atoms with Gasteiger partial charge in [0.15, 0.2) is 0 Å². The maximum Gasteiger partial charge on any atom is 0.0729 e. The number of rotatable bonds is 8. The standard InChI is InChI=1S/C16H33NO/c1-5-9-15(17-7-3)16(6-2)18-14-11-8-10-13(4)12-14/h13-17H,5-12H2,1-4H3. The van der Waals surface area contributed by atoms with Gasteiger partial charge in [-0.2, -0.15) is 0 Å². The van der Waals surface area contributed by atoms with E-state index in [1.165, 1.54) is 38.5 Å². The summed E-state index contributed by atoms with van der Waals surface area (Å²) < 4.78 is 6.42. The summed E-state index contributed by atoms with van der Waals surface area (Å²) in [6.07, 6.45) is 9.78. The van der Waals surface area contributed by atoms with Gasteiger partial charge in [0.2, 0.25) is 0 Å². The van der Waals surface area contributed by atoms with Crippen LogP contribution in [-0.4, -0.2) is 24.8 Å². The van der Waals surface area contributed by atoms with Gasteiger partial charge in [0.25, 0.3) is 0 Å². The summed E-state index contributed by atoms with van der Waals surface area (Å²) in [6, 6.07) is 0.544. The molecule has 1 fully saturated rings. The first-order valence-corrected chi connectivity index (χ1v) is 8.10. The summed E-state index contributed by atoms with van der Waals surface area (Å²) in [5.74, 6) is 0.852. The number of nitrogens with one attached hydrogen (secondary N) is 1. The van der Waals surface area contributed by atoms with E-state index >= 15 is 0 Å². The van der Waals surface area contributed by atoms with E-state index in [-0.39, 0.29) is 0 Å². The van der Waals surface area contributed by atoms with Gasteiger partial charge >= 0.3 is 0 Å². The van der Waals surface area contributed by atoms with Gasteiger partial charge in [0, 0.05) is 6.04 Å². The van der Waals surface area contributed by atoms with E-state index in [1.54, 1.807) is 0 Å². The van der Waals surface area contributed by atoms with Crippen molar-refractivity contribution >= 4 is 0 Å². The van der Waals surface area contributed by atoms with E-state index < -0.39 is 0 Å². The SMILES string of the molecule is CCCC(NCC)C(CC)OC1CCCC(C)C1. The number of hydrogen-bond acceptors (Lipinski definition) is 2. The molecule has 2 heteroatoms. The third-order valence-corrected chi connectivity index (χ3v) is 4.17. The summed E-state index contributed by atoms with van der Waals surface area (Å²) in [5.41, 5.74) is 0. The van der Waals surface area contributed by atoms with Crippen LogP contribution in [0.4, 0.5) is 0 Å². The fourth-order valence-corrected chi connectivity index (χ4v) is 3.22. The highest BCUT2D eigenvalue weighted by atomic mass is 16.5. The van der Waals surface area contributed by atoms with Crippen molar-refractivity contribution in [1.29, 1.82) is 0 Å². The van der Waals surface area contributed by atoms with Crippen molar-refractivity contribution in [2.45, 2.75) is 90.9 Å². The van der Waals surface area contributed by atoms with E-state index in [1.807, 2.05) is 0 Å². The maximum absolute atomic E-state index is 6.42. The minimum atomic E-state index is 0.403. The molecule has 2 nitrogen and oxygen atoms in total. The zero-order chi connectivity index (χ0) is 13.4. The molecule has 0 spiro atoms. The van der Waals surface area contributed by atoms with Crippen LogP contribution in [0.1, 0.15) is 72.6 Å². The van der Waals surface area contributed by atoms with Gasteiger partial charge < -0.3 is 10.1 Å². The Kier molecular flexibility index (Phi) is 7.92. The molecule has 4 atom stereocenters. The molecule has 1 N–H and O–H groups in total. The second-order valence-corrected chi connectivity index (χ2v) is 5.93. The molecule has 0 amide bonds. The molecule has 0 heterocycles.